The first-order valence-electron chi connectivity index (χ1n) is 7.33. The Labute approximate surface area is 139 Å². The molecular weight excluding hydrogens is 312 g/mol. The molecule has 1 aromatic carbocycles. The molecule has 0 saturated carbocycles. The summed E-state index contributed by atoms with van der Waals surface area (Å²) in [5.74, 6) is -0.197. The van der Waals surface area contributed by atoms with Crippen molar-refractivity contribution in [2.45, 2.75) is 20.4 Å². The van der Waals surface area contributed by atoms with Crippen LogP contribution in [0.2, 0.25) is 0 Å². The van der Waals surface area contributed by atoms with Gasteiger partial charge in [-0.25, -0.2) is 4.98 Å². The number of likely N-dealkylation sites (N-methyl/N-ethyl adjacent to an activating group) is 1. The van der Waals surface area contributed by atoms with Crippen LogP contribution in [0.3, 0.4) is 0 Å². The van der Waals surface area contributed by atoms with Gasteiger partial charge in [0.2, 0.25) is 11.8 Å². The van der Waals surface area contributed by atoms with E-state index in [9.17, 15) is 9.59 Å². The first-order valence-corrected chi connectivity index (χ1v) is 8.28. The molecule has 2 aromatic rings. The lowest BCUT2D eigenvalue weighted by atomic mass is 10.2. The van der Waals surface area contributed by atoms with Gasteiger partial charge in [0, 0.05) is 30.2 Å². The van der Waals surface area contributed by atoms with Gasteiger partial charge in [-0.15, -0.1) is 11.3 Å². The largest absolute Gasteiger partial charge is 0.326 e. The standard InChI is InChI=1S/C16H20N4O2S/c1-3-20(8-15-10-23-11-17-15)9-16(22)19-14-6-4-13(5-7-14)18-12(2)21/h4-7,10-11H,3,8-9H2,1-2H3,(H,18,21)(H,19,22). The summed E-state index contributed by atoms with van der Waals surface area (Å²) >= 11 is 1.55. The minimum Gasteiger partial charge on any atom is -0.326 e. The summed E-state index contributed by atoms with van der Waals surface area (Å²) in [6, 6.07) is 7.04. The van der Waals surface area contributed by atoms with Gasteiger partial charge in [0.15, 0.2) is 0 Å². The Kier molecular flexibility index (Phi) is 6.25. The van der Waals surface area contributed by atoms with Crippen LogP contribution in [0.1, 0.15) is 19.5 Å². The fourth-order valence-electron chi connectivity index (χ4n) is 2.07. The number of anilines is 2. The smallest absolute Gasteiger partial charge is 0.238 e. The topological polar surface area (TPSA) is 74.3 Å². The second-order valence-corrected chi connectivity index (χ2v) is 5.81. The summed E-state index contributed by atoms with van der Waals surface area (Å²) in [5, 5.41) is 7.53. The van der Waals surface area contributed by atoms with Crippen molar-refractivity contribution < 1.29 is 9.59 Å². The molecule has 0 bridgehead atoms. The molecule has 1 heterocycles. The van der Waals surface area contributed by atoms with Crippen molar-refractivity contribution in [3.63, 3.8) is 0 Å². The van der Waals surface area contributed by atoms with Gasteiger partial charge < -0.3 is 10.6 Å². The maximum atomic E-state index is 12.1. The van der Waals surface area contributed by atoms with E-state index in [-0.39, 0.29) is 11.8 Å². The van der Waals surface area contributed by atoms with Gasteiger partial charge in [0.25, 0.3) is 0 Å². The van der Waals surface area contributed by atoms with Gasteiger partial charge in [-0.05, 0) is 30.8 Å². The summed E-state index contributed by atoms with van der Waals surface area (Å²) in [5.41, 5.74) is 4.17. The predicted octanol–water partition coefficient (Wildman–Crippen LogP) is 2.56. The van der Waals surface area contributed by atoms with E-state index in [0.29, 0.717) is 24.5 Å². The number of nitrogens with zero attached hydrogens (tertiary/aromatic N) is 2. The summed E-state index contributed by atoms with van der Waals surface area (Å²) in [6.07, 6.45) is 0. The zero-order valence-electron chi connectivity index (χ0n) is 13.2. The highest BCUT2D eigenvalue weighted by molar-refractivity contribution is 7.07. The molecular formula is C16H20N4O2S. The molecule has 6 nitrogen and oxygen atoms in total. The fraction of sp³-hybridized carbons (Fsp3) is 0.312. The molecule has 2 amide bonds. The van der Waals surface area contributed by atoms with Crippen LogP contribution in [-0.2, 0) is 16.1 Å². The quantitative estimate of drug-likeness (QED) is 0.817. The van der Waals surface area contributed by atoms with Gasteiger partial charge in [-0.2, -0.15) is 0 Å². The highest BCUT2D eigenvalue weighted by atomic mass is 32.1. The molecule has 122 valence electrons. The zero-order chi connectivity index (χ0) is 16.7. The highest BCUT2D eigenvalue weighted by Gasteiger charge is 2.11. The zero-order valence-corrected chi connectivity index (χ0v) is 14.0. The normalized spacial score (nSPS) is 10.6. The van der Waals surface area contributed by atoms with Crippen molar-refractivity contribution in [1.82, 2.24) is 9.88 Å². The third kappa shape index (κ3) is 5.80. The Hall–Kier alpha value is -2.25. The van der Waals surface area contributed by atoms with E-state index in [4.69, 9.17) is 0 Å². The Morgan fingerprint density at radius 3 is 2.35 bits per heavy atom. The van der Waals surface area contributed by atoms with Gasteiger partial charge >= 0.3 is 0 Å². The summed E-state index contributed by atoms with van der Waals surface area (Å²) < 4.78 is 0. The molecule has 7 heteroatoms. The van der Waals surface area contributed by atoms with Crippen molar-refractivity contribution in [3.8, 4) is 0 Å². The van der Waals surface area contributed by atoms with Crippen molar-refractivity contribution in [3.05, 3.63) is 40.8 Å². The summed E-state index contributed by atoms with van der Waals surface area (Å²) in [6.45, 7) is 5.21. The number of amides is 2. The lowest BCUT2D eigenvalue weighted by Gasteiger charge is -2.18. The van der Waals surface area contributed by atoms with E-state index in [1.54, 1.807) is 41.1 Å². The molecule has 0 radical (unpaired) electrons. The maximum Gasteiger partial charge on any atom is 0.238 e. The Balaban J connectivity index is 1.86. The second-order valence-electron chi connectivity index (χ2n) is 5.09. The molecule has 2 rings (SSSR count). The SMILES string of the molecule is CCN(CC(=O)Nc1ccc(NC(C)=O)cc1)Cc1cscn1. The molecule has 0 atom stereocenters. The average molecular weight is 332 g/mol. The predicted molar refractivity (Wildman–Crippen MR) is 92.4 cm³/mol. The number of benzene rings is 1. The van der Waals surface area contributed by atoms with Crippen molar-refractivity contribution in [2.75, 3.05) is 23.7 Å². The van der Waals surface area contributed by atoms with Crippen LogP contribution < -0.4 is 10.6 Å². The molecule has 0 aliphatic heterocycles. The molecule has 0 unspecified atom stereocenters. The Morgan fingerprint density at radius 1 is 1.17 bits per heavy atom. The van der Waals surface area contributed by atoms with E-state index < -0.39 is 0 Å². The van der Waals surface area contributed by atoms with Crippen molar-refractivity contribution >= 4 is 34.5 Å². The number of rotatable bonds is 7. The third-order valence-electron chi connectivity index (χ3n) is 3.17. The highest BCUT2D eigenvalue weighted by Crippen LogP contribution is 2.13. The third-order valence-corrected chi connectivity index (χ3v) is 3.81. The fourth-order valence-corrected chi connectivity index (χ4v) is 2.62. The Bertz CT molecular complexity index is 641. The number of carbonyl (C=O) groups is 2. The second kappa shape index (κ2) is 8.40. The molecule has 0 spiro atoms. The van der Waals surface area contributed by atoms with Gasteiger partial charge in [0.05, 0.1) is 17.7 Å². The molecule has 0 aliphatic rings. The molecule has 0 saturated heterocycles. The molecule has 1 aromatic heterocycles. The number of hydrogen-bond acceptors (Lipinski definition) is 5. The average Bonchev–Trinajstić information content (AvgIpc) is 3.01. The first-order chi connectivity index (χ1) is 11.1. The summed E-state index contributed by atoms with van der Waals surface area (Å²) in [7, 11) is 0. The van der Waals surface area contributed by atoms with E-state index in [2.05, 4.69) is 15.6 Å². The minimum absolute atomic E-state index is 0.0747. The number of carbonyl (C=O) groups excluding carboxylic acids is 2. The van der Waals surface area contributed by atoms with Gasteiger partial charge in [0.1, 0.15) is 0 Å². The molecule has 23 heavy (non-hydrogen) atoms. The molecule has 2 N–H and O–H groups in total. The van der Waals surface area contributed by atoms with Crippen molar-refractivity contribution in [2.24, 2.45) is 0 Å². The molecule has 0 aliphatic carbocycles. The number of thiazole rings is 1. The van der Waals surface area contributed by atoms with E-state index in [1.807, 2.05) is 17.2 Å². The lowest BCUT2D eigenvalue weighted by molar-refractivity contribution is -0.117. The van der Waals surface area contributed by atoms with Crippen LogP contribution in [0.4, 0.5) is 11.4 Å². The van der Waals surface area contributed by atoms with Crippen LogP contribution in [0.25, 0.3) is 0 Å². The summed E-state index contributed by atoms with van der Waals surface area (Å²) in [4.78, 5) is 29.4. The Morgan fingerprint density at radius 2 is 1.83 bits per heavy atom. The van der Waals surface area contributed by atoms with Gasteiger partial charge in [-0.1, -0.05) is 6.92 Å². The van der Waals surface area contributed by atoms with E-state index >= 15 is 0 Å². The van der Waals surface area contributed by atoms with Crippen molar-refractivity contribution in [1.29, 1.82) is 0 Å². The number of aromatic nitrogens is 1. The van der Waals surface area contributed by atoms with Crippen LogP contribution in [0.5, 0.6) is 0 Å². The molecule has 0 fully saturated rings. The van der Waals surface area contributed by atoms with Gasteiger partial charge in [-0.3, -0.25) is 14.5 Å². The van der Waals surface area contributed by atoms with Crippen LogP contribution in [0.15, 0.2) is 35.2 Å². The first kappa shape index (κ1) is 17.1. The van der Waals surface area contributed by atoms with E-state index in [1.165, 1.54) is 6.92 Å². The van der Waals surface area contributed by atoms with Crippen LogP contribution in [-0.4, -0.2) is 34.8 Å². The van der Waals surface area contributed by atoms with Crippen LogP contribution >= 0.6 is 11.3 Å². The monoisotopic (exact) mass is 332 g/mol. The lowest BCUT2D eigenvalue weighted by Crippen LogP contribution is -2.32. The van der Waals surface area contributed by atoms with E-state index in [0.717, 1.165) is 12.2 Å². The van der Waals surface area contributed by atoms with Crippen LogP contribution in [0, 0.1) is 0 Å². The number of nitrogens with one attached hydrogen (secondary N) is 2. The minimum atomic E-state index is -0.123. The number of hydrogen-bond donors (Lipinski definition) is 2. The maximum absolute atomic E-state index is 12.1.